The first-order chi connectivity index (χ1) is 30.0. The van der Waals surface area contributed by atoms with Gasteiger partial charge in [0, 0.05) is 6.42 Å². The highest BCUT2D eigenvalue weighted by molar-refractivity contribution is 5.77. The van der Waals surface area contributed by atoms with Crippen LogP contribution < -0.4 is 5.32 Å². The van der Waals surface area contributed by atoms with E-state index < -0.39 is 18.2 Å². The van der Waals surface area contributed by atoms with Crippen molar-refractivity contribution in [2.75, 3.05) is 6.61 Å². The van der Waals surface area contributed by atoms with E-state index in [4.69, 9.17) is 4.74 Å². The summed E-state index contributed by atoms with van der Waals surface area (Å²) in [5, 5.41) is 23.7. The van der Waals surface area contributed by atoms with Crippen LogP contribution in [0.3, 0.4) is 0 Å². The molecule has 3 unspecified atom stereocenters. The van der Waals surface area contributed by atoms with E-state index in [0.717, 1.165) is 89.9 Å². The maximum Gasteiger partial charge on any atom is 0.306 e. The van der Waals surface area contributed by atoms with E-state index in [9.17, 15) is 19.8 Å². The van der Waals surface area contributed by atoms with Gasteiger partial charge in [0.15, 0.2) is 0 Å². The van der Waals surface area contributed by atoms with Gasteiger partial charge in [-0.15, -0.1) is 0 Å². The molecule has 0 heterocycles. The molecular weight excluding hydrogens is 755 g/mol. The number of aliphatic hydroxyl groups is 2. The molecule has 0 bridgehead atoms. The number of hydrogen-bond acceptors (Lipinski definition) is 5. The minimum atomic E-state index is -0.800. The molecule has 61 heavy (non-hydrogen) atoms. The summed E-state index contributed by atoms with van der Waals surface area (Å²) in [6.07, 6.45) is 60.0. The van der Waals surface area contributed by atoms with Gasteiger partial charge in [-0.05, 0) is 70.6 Å². The maximum atomic E-state index is 13.2. The topological polar surface area (TPSA) is 95.9 Å². The van der Waals surface area contributed by atoms with Crippen molar-refractivity contribution in [2.24, 2.45) is 0 Å². The van der Waals surface area contributed by atoms with Crippen LogP contribution in [0.4, 0.5) is 0 Å². The molecule has 0 aliphatic rings. The average molecular weight is 854 g/mol. The minimum absolute atomic E-state index is 0.0471. The number of ether oxygens (including phenoxy) is 1. The second kappa shape index (κ2) is 48.6. The molecule has 1 amide bonds. The lowest BCUT2D eigenvalue weighted by Gasteiger charge is -2.24. The second-order valence-electron chi connectivity index (χ2n) is 17.6. The summed E-state index contributed by atoms with van der Waals surface area (Å²) in [6.45, 7) is 6.33. The first kappa shape index (κ1) is 58.6. The van der Waals surface area contributed by atoms with E-state index >= 15 is 0 Å². The number of allylic oxidation sites excluding steroid dienone is 10. The predicted octanol–water partition coefficient (Wildman–Crippen LogP) is 15.6. The first-order valence-electron chi connectivity index (χ1n) is 26.1. The maximum absolute atomic E-state index is 13.2. The van der Waals surface area contributed by atoms with Crippen LogP contribution in [-0.4, -0.2) is 46.9 Å². The van der Waals surface area contributed by atoms with Crippen LogP contribution in [-0.2, 0) is 14.3 Å². The molecule has 0 aliphatic carbocycles. The van der Waals surface area contributed by atoms with Crippen molar-refractivity contribution in [1.82, 2.24) is 5.32 Å². The largest absolute Gasteiger partial charge is 0.462 e. The van der Waals surface area contributed by atoms with Crippen molar-refractivity contribution in [3.05, 3.63) is 60.8 Å². The van der Waals surface area contributed by atoms with Gasteiger partial charge in [0.1, 0.15) is 6.10 Å². The van der Waals surface area contributed by atoms with Crippen LogP contribution in [0, 0.1) is 0 Å². The molecule has 0 aliphatic heterocycles. The summed E-state index contributed by atoms with van der Waals surface area (Å²) in [5.74, 6) is -0.525. The van der Waals surface area contributed by atoms with Gasteiger partial charge < -0.3 is 20.3 Å². The van der Waals surface area contributed by atoms with Gasteiger partial charge in [-0.2, -0.15) is 0 Å². The van der Waals surface area contributed by atoms with E-state index in [1.54, 1.807) is 0 Å². The number of carbonyl (C=O) groups excluding carboxylic acids is 2. The van der Waals surface area contributed by atoms with Gasteiger partial charge >= 0.3 is 5.97 Å². The Hall–Kier alpha value is -2.44. The molecule has 0 aromatic rings. The normalized spacial score (nSPS) is 13.7. The van der Waals surface area contributed by atoms with Gasteiger partial charge in [0.2, 0.25) is 5.91 Å². The van der Waals surface area contributed by atoms with Crippen molar-refractivity contribution >= 4 is 11.9 Å². The number of unbranched alkanes of at least 4 members (excludes halogenated alkanes) is 27. The summed E-state index contributed by atoms with van der Waals surface area (Å²) in [7, 11) is 0. The molecule has 0 saturated carbocycles. The van der Waals surface area contributed by atoms with E-state index in [0.29, 0.717) is 19.3 Å². The van der Waals surface area contributed by atoms with Crippen LogP contribution >= 0.6 is 0 Å². The van der Waals surface area contributed by atoms with Crippen molar-refractivity contribution in [3.8, 4) is 0 Å². The molecule has 0 aromatic carbocycles. The highest BCUT2D eigenvalue weighted by Gasteiger charge is 2.24. The van der Waals surface area contributed by atoms with Crippen LogP contribution in [0.5, 0.6) is 0 Å². The smallest absolute Gasteiger partial charge is 0.306 e. The third kappa shape index (κ3) is 44.0. The third-order valence-electron chi connectivity index (χ3n) is 11.7. The summed E-state index contributed by atoms with van der Waals surface area (Å²) in [4.78, 5) is 26.1. The summed E-state index contributed by atoms with van der Waals surface area (Å²) >= 11 is 0. The molecule has 0 spiro atoms. The van der Waals surface area contributed by atoms with Gasteiger partial charge in [-0.3, -0.25) is 9.59 Å². The van der Waals surface area contributed by atoms with Crippen molar-refractivity contribution in [1.29, 1.82) is 0 Å². The molecule has 354 valence electrons. The first-order valence-corrected chi connectivity index (χ1v) is 26.1. The molecule has 0 radical (unpaired) electrons. The predicted molar refractivity (Wildman–Crippen MR) is 264 cm³/mol. The van der Waals surface area contributed by atoms with E-state index in [1.807, 2.05) is 12.2 Å². The standard InChI is InChI=1S/C55H99NO5/c1-4-7-10-13-16-19-22-24-25-26-27-28-30-33-36-39-42-45-48-55(60)61-51(46-43-40-37-34-31-21-18-15-12-9-6-3)49-54(59)56-52(50-57)53(58)47-44-41-38-35-32-29-23-20-17-14-11-8-5-2/h9,12,15,18,21,25-28,31,51-53,57-58H,4-8,10-11,13-14,16-17,19-20,22-24,29-30,32-50H2,1-3H3,(H,56,59)/b12-9+,18-15+,26-25+,28-27+,31-21-. The van der Waals surface area contributed by atoms with Gasteiger partial charge in [-0.1, -0.05) is 229 Å². The van der Waals surface area contributed by atoms with Crippen molar-refractivity contribution < 1.29 is 24.5 Å². The Kier molecular flexibility index (Phi) is 46.6. The zero-order chi connectivity index (χ0) is 44.5. The Bertz CT molecular complexity index is 1090. The third-order valence-corrected chi connectivity index (χ3v) is 11.7. The molecule has 6 nitrogen and oxygen atoms in total. The summed E-state index contributed by atoms with van der Waals surface area (Å²) in [5.41, 5.74) is 0. The average Bonchev–Trinajstić information content (AvgIpc) is 3.25. The highest BCUT2D eigenvalue weighted by atomic mass is 16.5. The Morgan fingerprint density at radius 1 is 0.492 bits per heavy atom. The second-order valence-corrected chi connectivity index (χ2v) is 17.6. The lowest BCUT2D eigenvalue weighted by molar-refractivity contribution is -0.151. The summed E-state index contributed by atoms with van der Waals surface area (Å²) in [6, 6.07) is -0.717. The van der Waals surface area contributed by atoms with Gasteiger partial charge in [0.25, 0.3) is 0 Å². The molecule has 6 heteroatoms. The molecule has 0 rings (SSSR count). The summed E-state index contributed by atoms with van der Waals surface area (Å²) < 4.78 is 5.90. The van der Waals surface area contributed by atoms with Crippen molar-refractivity contribution in [2.45, 2.75) is 270 Å². The molecule has 0 fully saturated rings. The van der Waals surface area contributed by atoms with Crippen LogP contribution in [0.1, 0.15) is 252 Å². The Morgan fingerprint density at radius 2 is 0.885 bits per heavy atom. The lowest BCUT2D eigenvalue weighted by atomic mass is 10.0. The highest BCUT2D eigenvalue weighted by Crippen LogP contribution is 2.17. The van der Waals surface area contributed by atoms with Crippen LogP contribution in [0.2, 0.25) is 0 Å². The Morgan fingerprint density at radius 3 is 1.36 bits per heavy atom. The lowest BCUT2D eigenvalue weighted by Crippen LogP contribution is -2.46. The quantitative estimate of drug-likeness (QED) is 0.0322. The van der Waals surface area contributed by atoms with E-state index in [1.165, 1.54) is 116 Å². The molecule has 0 aromatic heterocycles. The fourth-order valence-electron chi connectivity index (χ4n) is 7.72. The minimum Gasteiger partial charge on any atom is -0.462 e. The Labute approximate surface area is 378 Å². The van der Waals surface area contributed by atoms with Gasteiger partial charge in [-0.25, -0.2) is 0 Å². The van der Waals surface area contributed by atoms with Crippen LogP contribution in [0.25, 0.3) is 0 Å². The van der Waals surface area contributed by atoms with Gasteiger partial charge in [0.05, 0.1) is 25.2 Å². The fourth-order valence-corrected chi connectivity index (χ4v) is 7.72. The number of hydrogen-bond donors (Lipinski definition) is 3. The van der Waals surface area contributed by atoms with E-state index in [2.05, 4.69) is 74.7 Å². The number of carbonyl (C=O) groups is 2. The van der Waals surface area contributed by atoms with Crippen molar-refractivity contribution in [3.63, 3.8) is 0 Å². The number of esters is 1. The number of amides is 1. The number of aliphatic hydroxyl groups excluding tert-OH is 2. The number of rotatable bonds is 46. The molecular formula is C55H99NO5. The number of nitrogens with one attached hydrogen (secondary N) is 1. The van der Waals surface area contributed by atoms with Crippen LogP contribution in [0.15, 0.2) is 60.8 Å². The fraction of sp³-hybridized carbons (Fsp3) is 0.782. The SMILES string of the molecule is CC/C=C/C=C/C=C\CCCCCC(CC(=O)NC(CO)C(O)CCCCCCCCCCCCCCC)OC(=O)CCCCCCC/C=C/C=C/CCCCCCCCC. The Balaban J connectivity index is 4.57. The van der Waals surface area contributed by atoms with E-state index in [-0.39, 0.29) is 24.9 Å². The molecule has 3 N–H and O–H groups in total. The zero-order valence-electron chi connectivity index (χ0n) is 40.3. The zero-order valence-corrected chi connectivity index (χ0v) is 40.3. The monoisotopic (exact) mass is 854 g/mol. The molecule has 3 atom stereocenters. The molecule has 0 saturated heterocycles.